The normalized spacial score (nSPS) is 12.1. The first-order valence-corrected chi connectivity index (χ1v) is 6.73. The molecule has 0 bridgehead atoms. The van der Waals surface area contributed by atoms with Crippen LogP contribution in [0.3, 0.4) is 0 Å². The van der Waals surface area contributed by atoms with Crippen LogP contribution in [0.1, 0.15) is 12.5 Å². The van der Waals surface area contributed by atoms with Gasteiger partial charge in [-0.1, -0.05) is 12.1 Å². The fraction of sp³-hybridized carbons (Fsp3) is 0.125. The van der Waals surface area contributed by atoms with Crippen LogP contribution in [0.5, 0.6) is 17.2 Å². The summed E-state index contributed by atoms with van der Waals surface area (Å²) in [6.45, 7) is 1.49. The van der Waals surface area contributed by atoms with E-state index in [1.807, 2.05) is 0 Å². The molecule has 0 radical (unpaired) electrons. The number of phenols is 2. The molecule has 0 aliphatic heterocycles. The van der Waals surface area contributed by atoms with Crippen molar-refractivity contribution in [3.8, 4) is 17.2 Å². The molecule has 0 aliphatic rings. The van der Waals surface area contributed by atoms with Crippen LogP contribution in [0.4, 0.5) is 4.39 Å². The summed E-state index contributed by atoms with van der Waals surface area (Å²) in [7, 11) is 0. The Morgan fingerprint density at radius 3 is 2.78 bits per heavy atom. The lowest BCUT2D eigenvalue weighted by Gasteiger charge is -2.12. The van der Waals surface area contributed by atoms with Crippen LogP contribution in [0.25, 0.3) is 0 Å². The van der Waals surface area contributed by atoms with Gasteiger partial charge in [0.25, 0.3) is 5.91 Å². The van der Waals surface area contributed by atoms with Gasteiger partial charge in [0.05, 0.1) is 6.21 Å². The van der Waals surface area contributed by atoms with Crippen LogP contribution in [0.15, 0.2) is 47.6 Å². The molecule has 1 unspecified atom stereocenters. The second-order valence-corrected chi connectivity index (χ2v) is 4.67. The minimum atomic E-state index is -0.897. The number of benzene rings is 2. The van der Waals surface area contributed by atoms with Crippen molar-refractivity contribution >= 4 is 12.1 Å². The Labute approximate surface area is 131 Å². The second-order valence-electron chi connectivity index (χ2n) is 4.67. The van der Waals surface area contributed by atoms with E-state index in [2.05, 4.69) is 10.5 Å². The molecule has 0 aliphatic carbocycles. The van der Waals surface area contributed by atoms with Crippen LogP contribution in [-0.2, 0) is 4.79 Å². The molecule has 0 fully saturated rings. The zero-order valence-electron chi connectivity index (χ0n) is 12.2. The Kier molecular flexibility index (Phi) is 5.14. The van der Waals surface area contributed by atoms with Gasteiger partial charge in [0.1, 0.15) is 11.6 Å². The molecule has 120 valence electrons. The predicted molar refractivity (Wildman–Crippen MR) is 82.0 cm³/mol. The van der Waals surface area contributed by atoms with Crippen molar-refractivity contribution in [3.05, 3.63) is 53.8 Å². The molecule has 7 heteroatoms. The zero-order chi connectivity index (χ0) is 16.8. The lowest BCUT2D eigenvalue weighted by atomic mass is 10.2. The van der Waals surface area contributed by atoms with E-state index in [1.165, 1.54) is 49.5 Å². The fourth-order valence-corrected chi connectivity index (χ4v) is 1.71. The number of para-hydroxylation sites is 1. The Bertz CT molecular complexity index is 734. The summed E-state index contributed by atoms with van der Waals surface area (Å²) in [5.41, 5.74) is 2.47. The van der Waals surface area contributed by atoms with Gasteiger partial charge in [-0.15, -0.1) is 0 Å². The van der Waals surface area contributed by atoms with Crippen LogP contribution in [-0.4, -0.2) is 28.4 Å². The zero-order valence-corrected chi connectivity index (χ0v) is 12.2. The lowest BCUT2D eigenvalue weighted by molar-refractivity contribution is -0.127. The van der Waals surface area contributed by atoms with Crippen molar-refractivity contribution in [2.45, 2.75) is 13.0 Å². The highest BCUT2D eigenvalue weighted by Crippen LogP contribution is 2.26. The molecule has 2 rings (SSSR count). The molecule has 0 saturated heterocycles. The third-order valence-corrected chi connectivity index (χ3v) is 2.90. The Morgan fingerprint density at radius 2 is 2.04 bits per heavy atom. The number of amides is 1. The van der Waals surface area contributed by atoms with Crippen LogP contribution in [0.2, 0.25) is 0 Å². The molecule has 0 heterocycles. The van der Waals surface area contributed by atoms with Crippen LogP contribution < -0.4 is 10.2 Å². The minimum Gasteiger partial charge on any atom is -0.504 e. The number of hydrogen-bond acceptors (Lipinski definition) is 5. The molecular formula is C16H15FN2O4. The maximum atomic E-state index is 13.0. The third kappa shape index (κ3) is 4.44. The van der Waals surface area contributed by atoms with Crippen molar-refractivity contribution in [1.82, 2.24) is 5.43 Å². The Morgan fingerprint density at radius 1 is 1.30 bits per heavy atom. The summed E-state index contributed by atoms with van der Waals surface area (Å²) in [6.07, 6.45) is 0.286. The van der Waals surface area contributed by atoms with Crippen molar-refractivity contribution in [2.75, 3.05) is 0 Å². The van der Waals surface area contributed by atoms with Gasteiger partial charge in [0.15, 0.2) is 17.6 Å². The van der Waals surface area contributed by atoms with Crippen molar-refractivity contribution in [3.63, 3.8) is 0 Å². The number of phenolic OH excluding ortho intramolecular Hbond substituents is 2. The van der Waals surface area contributed by atoms with Crippen LogP contribution in [0, 0.1) is 5.82 Å². The van der Waals surface area contributed by atoms with Gasteiger partial charge in [-0.2, -0.15) is 5.10 Å². The van der Waals surface area contributed by atoms with Crippen molar-refractivity contribution in [2.24, 2.45) is 5.10 Å². The SMILES string of the molecule is CC(Oc1cccc(F)c1)C(=O)NN=Cc1cccc(O)c1O. The van der Waals surface area contributed by atoms with E-state index in [0.29, 0.717) is 0 Å². The molecule has 6 nitrogen and oxygen atoms in total. The van der Waals surface area contributed by atoms with Gasteiger partial charge in [-0.25, -0.2) is 9.82 Å². The number of carbonyl (C=O) groups is 1. The van der Waals surface area contributed by atoms with E-state index in [9.17, 15) is 19.4 Å². The average Bonchev–Trinajstić information content (AvgIpc) is 2.51. The molecule has 0 spiro atoms. The standard InChI is InChI=1S/C16H15FN2O4/c1-10(23-13-6-3-5-12(17)8-13)16(22)19-18-9-11-4-2-7-14(20)15(11)21/h2-10,20-21H,1H3,(H,19,22). The largest absolute Gasteiger partial charge is 0.504 e. The van der Waals surface area contributed by atoms with Gasteiger partial charge >= 0.3 is 0 Å². The van der Waals surface area contributed by atoms with Crippen LogP contribution >= 0.6 is 0 Å². The second kappa shape index (κ2) is 7.26. The highest BCUT2D eigenvalue weighted by molar-refractivity contribution is 5.87. The molecule has 1 amide bonds. The summed E-state index contributed by atoms with van der Waals surface area (Å²) in [5, 5.41) is 22.6. The van der Waals surface area contributed by atoms with E-state index in [0.717, 1.165) is 6.07 Å². The number of hydrogen-bond donors (Lipinski definition) is 3. The molecule has 2 aromatic rings. The van der Waals surface area contributed by atoms with Gasteiger partial charge in [0.2, 0.25) is 0 Å². The summed E-state index contributed by atoms with van der Waals surface area (Å²) in [5.74, 6) is -1.42. The molecule has 2 aromatic carbocycles. The molecule has 3 N–H and O–H groups in total. The fourth-order valence-electron chi connectivity index (χ4n) is 1.71. The molecule has 0 saturated carbocycles. The number of rotatable bonds is 5. The van der Waals surface area contributed by atoms with Crippen molar-refractivity contribution < 1.29 is 24.1 Å². The first kappa shape index (κ1) is 16.3. The van der Waals surface area contributed by atoms with E-state index in [4.69, 9.17) is 4.74 Å². The first-order valence-electron chi connectivity index (χ1n) is 6.73. The maximum Gasteiger partial charge on any atom is 0.280 e. The highest BCUT2D eigenvalue weighted by Gasteiger charge is 2.14. The summed E-state index contributed by atoms with van der Waals surface area (Å²) >= 11 is 0. The number of nitrogens with zero attached hydrogens (tertiary/aromatic N) is 1. The quantitative estimate of drug-likeness (QED) is 0.447. The van der Waals surface area contributed by atoms with Gasteiger partial charge in [-0.3, -0.25) is 4.79 Å². The molecule has 0 aromatic heterocycles. The summed E-state index contributed by atoms with van der Waals surface area (Å²) < 4.78 is 18.3. The smallest absolute Gasteiger partial charge is 0.280 e. The monoisotopic (exact) mass is 318 g/mol. The first-order chi connectivity index (χ1) is 11.0. The molecular weight excluding hydrogens is 303 g/mol. The topological polar surface area (TPSA) is 91.2 Å². The lowest BCUT2D eigenvalue weighted by Crippen LogP contribution is -2.33. The van der Waals surface area contributed by atoms with E-state index < -0.39 is 17.8 Å². The van der Waals surface area contributed by atoms with Gasteiger partial charge in [-0.05, 0) is 31.2 Å². The van der Waals surface area contributed by atoms with Gasteiger partial charge in [0, 0.05) is 11.6 Å². The highest BCUT2D eigenvalue weighted by atomic mass is 19.1. The number of halogens is 1. The number of hydrazone groups is 1. The predicted octanol–water partition coefficient (Wildman–Crippen LogP) is 2.15. The minimum absolute atomic E-state index is 0.224. The summed E-state index contributed by atoms with van der Waals surface area (Å²) in [6, 6.07) is 9.78. The third-order valence-electron chi connectivity index (χ3n) is 2.90. The average molecular weight is 318 g/mol. The molecule has 23 heavy (non-hydrogen) atoms. The summed E-state index contributed by atoms with van der Waals surface area (Å²) in [4.78, 5) is 11.8. The maximum absolute atomic E-state index is 13.0. The number of carbonyl (C=O) groups excluding carboxylic acids is 1. The Hall–Kier alpha value is -3.09. The van der Waals surface area contributed by atoms with Gasteiger partial charge < -0.3 is 14.9 Å². The van der Waals surface area contributed by atoms with E-state index in [-0.39, 0.29) is 22.8 Å². The number of aromatic hydroxyl groups is 2. The number of nitrogens with one attached hydrogen (secondary N) is 1. The Balaban J connectivity index is 1.93. The number of ether oxygens (including phenoxy) is 1. The van der Waals surface area contributed by atoms with E-state index in [1.54, 1.807) is 0 Å². The van der Waals surface area contributed by atoms with E-state index >= 15 is 0 Å². The molecule has 1 atom stereocenters. The van der Waals surface area contributed by atoms with Crippen molar-refractivity contribution in [1.29, 1.82) is 0 Å².